The summed E-state index contributed by atoms with van der Waals surface area (Å²) in [5.41, 5.74) is 5.69. The number of benzene rings is 1. The highest BCUT2D eigenvalue weighted by Gasteiger charge is 2.15. The molecule has 1 aromatic heterocycles. The van der Waals surface area contributed by atoms with Crippen LogP contribution in [0.2, 0.25) is 5.02 Å². The molecule has 0 saturated heterocycles. The van der Waals surface area contributed by atoms with Gasteiger partial charge in [-0.15, -0.1) is 0 Å². The minimum atomic E-state index is -0.557. The molecule has 0 bridgehead atoms. The van der Waals surface area contributed by atoms with Gasteiger partial charge in [-0.3, -0.25) is 0 Å². The van der Waals surface area contributed by atoms with Gasteiger partial charge in [-0.05, 0) is 28.1 Å². The molecule has 0 saturated carbocycles. The van der Waals surface area contributed by atoms with E-state index in [0.29, 0.717) is 5.56 Å². The Hall–Kier alpha value is -0.980. The topological polar surface area (TPSA) is 64.9 Å². The molecule has 1 aromatic carbocycles. The Morgan fingerprint density at radius 3 is 2.88 bits per heavy atom. The molecule has 2 aromatic rings. The largest absolute Gasteiger partial charge is 0.338 e. The Morgan fingerprint density at radius 1 is 1.50 bits per heavy atom. The smallest absolute Gasteiger partial charge is 0.240 e. The standard InChI is InChI=1S/C9H6BrClFN3O/c10-5-2-1-4(7(11)8(5)12)9-14-6(3-13)16-15-9/h1-2H,3,13H2. The van der Waals surface area contributed by atoms with Crippen LogP contribution in [0.1, 0.15) is 5.89 Å². The van der Waals surface area contributed by atoms with Crippen LogP contribution in [-0.4, -0.2) is 10.1 Å². The third-order valence-electron chi connectivity index (χ3n) is 1.92. The van der Waals surface area contributed by atoms with Crippen LogP contribution in [0, 0.1) is 5.82 Å². The van der Waals surface area contributed by atoms with Crippen LogP contribution < -0.4 is 5.73 Å². The molecule has 16 heavy (non-hydrogen) atoms. The summed E-state index contributed by atoms with van der Waals surface area (Å²) < 4.78 is 18.6. The molecular formula is C9H6BrClFN3O. The van der Waals surface area contributed by atoms with Gasteiger partial charge in [0.25, 0.3) is 0 Å². The first-order chi connectivity index (χ1) is 7.63. The van der Waals surface area contributed by atoms with Gasteiger partial charge in [0.2, 0.25) is 11.7 Å². The molecule has 7 heteroatoms. The van der Waals surface area contributed by atoms with E-state index in [-0.39, 0.29) is 27.8 Å². The van der Waals surface area contributed by atoms with Crippen molar-refractivity contribution in [3.8, 4) is 11.4 Å². The molecule has 0 fully saturated rings. The number of hydrogen-bond donors (Lipinski definition) is 1. The molecule has 0 aliphatic heterocycles. The van der Waals surface area contributed by atoms with Crippen molar-refractivity contribution in [3.05, 3.63) is 33.3 Å². The molecule has 0 aliphatic rings. The van der Waals surface area contributed by atoms with Crippen molar-refractivity contribution in [2.24, 2.45) is 5.73 Å². The Bertz CT molecular complexity index is 531. The first kappa shape index (κ1) is 11.5. The number of nitrogens with two attached hydrogens (primary N) is 1. The summed E-state index contributed by atoms with van der Waals surface area (Å²) in [7, 11) is 0. The second-order valence-corrected chi connectivity index (χ2v) is 4.17. The van der Waals surface area contributed by atoms with E-state index in [9.17, 15) is 4.39 Å². The van der Waals surface area contributed by atoms with Crippen molar-refractivity contribution in [2.75, 3.05) is 0 Å². The molecule has 0 spiro atoms. The number of aromatic nitrogens is 2. The highest BCUT2D eigenvalue weighted by Crippen LogP contribution is 2.32. The molecule has 1 heterocycles. The number of hydrogen-bond acceptors (Lipinski definition) is 4. The lowest BCUT2D eigenvalue weighted by atomic mass is 10.2. The second-order valence-electron chi connectivity index (χ2n) is 2.94. The van der Waals surface area contributed by atoms with Crippen molar-refractivity contribution < 1.29 is 8.91 Å². The molecule has 0 amide bonds. The SMILES string of the molecule is NCc1nc(-c2ccc(Br)c(F)c2Cl)no1. The van der Waals surface area contributed by atoms with E-state index in [1.807, 2.05) is 0 Å². The zero-order valence-electron chi connectivity index (χ0n) is 7.88. The fourth-order valence-electron chi connectivity index (χ4n) is 1.15. The Labute approximate surface area is 104 Å². The summed E-state index contributed by atoms with van der Waals surface area (Å²) in [6.45, 7) is 0.129. The summed E-state index contributed by atoms with van der Waals surface area (Å²) in [5.74, 6) is -0.0653. The van der Waals surface area contributed by atoms with E-state index in [2.05, 4.69) is 26.1 Å². The monoisotopic (exact) mass is 305 g/mol. The molecular weight excluding hydrogens is 300 g/mol. The number of halogens is 3. The molecule has 2 rings (SSSR count). The van der Waals surface area contributed by atoms with Gasteiger partial charge in [0.15, 0.2) is 5.82 Å². The van der Waals surface area contributed by atoms with Crippen LogP contribution in [0.3, 0.4) is 0 Å². The summed E-state index contributed by atoms with van der Waals surface area (Å²) >= 11 is 8.86. The summed E-state index contributed by atoms with van der Waals surface area (Å²) in [6.07, 6.45) is 0. The van der Waals surface area contributed by atoms with E-state index in [1.54, 1.807) is 6.07 Å². The molecule has 0 atom stereocenters. The Kier molecular flexibility index (Phi) is 3.22. The van der Waals surface area contributed by atoms with E-state index in [1.165, 1.54) is 6.07 Å². The maximum atomic E-state index is 13.5. The van der Waals surface area contributed by atoms with Gasteiger partial charge in [-0.1, -0.05) is 16.8 Å². The minimum Gasteiger partial charge on any atom is -0.338 e. The number of nitrogens with zero attached hydrogens (tertiary/aromatic N) is 2. The van der Waals surface area contributed by atoms with Crippen LogP contribution in [0.5, 0.6) is 0 Å². The Morgan fingerprint density at radius 2 is 2.25 bits per heavy atom. The predicted molar refractivity (Wildman–Crippen MR) is 60.3 cm³/mol. The summed E-state index contributed by atoms with van der Waals surface area (Å²) in [4.78, 5) is 3.96. The van der Waals surface area contributed by atoms with Crippen LogP contribution in [0.25, 0.3) is 11.4 Å². The molecule has 0 aliphatic carbocycles. The maximum Gasteiger partial charge on any atom is 0.240 e. The van der Waals surface area contributed by atoms with Gasteiger partial charge in [0.05, 0.1) is 16.0 Å². The first-order valence-electron chi connectivity index (χ1n) is 4.30. The van der Waals surface area contributed by atoms with Gasteiger partial charge in [0, 0.05) is 5.56 Å². The quantitative estimate of drug-likeness (QED) is 0.867. The minimum absolute atomic E-state index is 0.0567. The first-order valence-corrected chi connectivity index (χ1v) is 5.47. The average molecular weight is 307 g/mol. The van der Waals surface area contributed by atoms with Crippen LogP contribution in [0.4, 0.5) is 4.39 Å². The maximum absolute atomic E-state index is 13.5. The van der Waals surface area contributed by atoms with Gasteiger partial charge in [-0.25, -0.2) is 4.39 Å². The molecule has 4 nitrogen and oxygen atoms in total. The molecule has 2 N–H and O–H groups in total. The van der Waals surface area contributed by atoms with E-state index in [0.717, 1.165) is 0 Å². The lowest BCUT2D eigenvalue weighted by molar-refractivity contribution is 0.380. The highest BCUT2D eigenvalue weighted by molar-refractivity contribution is 9.10. The third-order valence-corrected chi connectivity index (χ3v) is 2.90. The fraction of sp³-hybridized carbons (Fsp3) is 0.111. The van der Waals surface area contributed by atoms with Crippen molar-refractivity contribution >= 4 is 27.5 Å². The average Bonchev–Trinajstić information content (AvgIpc) is 2.74. The highest BCUT2D eigenvalue weighted by atomic mass is 79.9. The second kappa shape index (κ2) is 4.48. The van der Waals surface area contributed by atoms with Crippen LogP contribution in [0.15, 0.2) is 21.1 Å². The summed E-state index contributed by atoms with van der Waals surface area (Å²) in [6, 6.07) is 3.12. The molecule has 0 radical (unpaired) electrons. The van der Waals surface area contributed by atoms with E-state index >= 15 is 0 Å². The van der Waals surface area contributed by atoms with E-state index < -0.39 is 5.82 Å². The van der Waals surface area contributed by atoms with Gasteiger partial charge < -0.3 is 10.3 Å². The van der Waals surface area contributed by atoms with Crippen LogP contribution >= 0.6 is 27.5 Å². The Balaban J connectivity index is 2.52. The summed E-state index contributed by atoms with van der Waals surface area (Å²) in [5, 5.41) is 3.60. The van der Waals surface area contributed by atoms with Crippen molar-refractivity contribution in [3.63, 3.8) is 0 Å². The third kappa shape index (κ3) is 1.95. The van der Waals surface area contributed by atoms with Gasteiger partial charge >= 0.3 is 0 Å². The lowest BCUT2D eigenvalue weighted by Gasteiger charge is -2.01. The zero-order chi connectivity index (χ0) is 11.7. The molecule has 84 valence electrons. The normalized spacial score (nSPS) is 10.8. The van der Waals surface area contributed by atoms with E-state index in [4.69, 9.17) is 21.9 Å². The van der Waals surface area contributed by atoms with Crippen molar-refractivity contribution in [1.82, 2.24) is 10.1 Å². The number of rotatable bonds is 2. The van der Waals surface area contributed by atoms with Crippen molar-refractivity contribution in [2.45, 2.75) is 6.54 Å². The van der Waals surface area contributed by atoms with Crippen LogP contribution in [-0.2, 0) is 6.54 Å². The van der Waals surface area contributed by atoms with Gasteiger partial charge in [-0.2, -0.15) is 4.98 Å². The zero-order valence-corrected chi connectivity index (χ0v) is 10.2. The lowest BCUT2D eigenvalue weighted by Crippen LogP contribution is -1.95. The van der Waals surface area contributed by atoms with Gasteiger partial charge in [0.1, 0.15) is 0 Å². The predicted octanol–water partition coefficient (Wildman–Crippen LogP) is 2.75. The fourth-order valence-corrected chi connectivity index (χ4v) is 1.84. The van der Waals surface area contributed by atoms with Crippen molar-refractivity contribution in [1.29, 1.82) is 0 Å². The molecule has 0 unspecified atom stereocenters.